The molecule has 19 heavy (non-hydrogen) atoms. The number of nitrogens with zero attached hydrogens (tertiary/aromatic N) is 1. The molecule has 1 aromatic heterocycles. The van der Waals surface area contributed by atoms with Crippen LogP contribution >= 0.6 is 15.9 Å². The van der Waals surface area contributed by atoms with Crippen molar-refractivity contribution in [3.05, 3.63) is 51.6 Å². The van der Waals surface area contributed by atoms with Crippen molar-refractivity contribution in [2.24, 2.45) is 0 Å². The van der Waals surface area contributed by atoms with Gasteiger partial charge in [-0.15, -0.1) is 0 Å². The summed E-state index contributed by atoms with van der Waals surface area (Å²) < 4.78 is 1.04. The smallest absolute Gasteiger partial charge is 0.130 e. The highest BCUT2D eigenvalue weighted by atomic mass is 79.9. The van der Waals surface area contributed by atoms with Crippen LogP contribution < -0.4 is 10.6 Å². The fraction of sp³-hybridized carbons (Fsp3) is 0.267. The number of anilines is 2. The lowest BCUT2D eigenvalue weighted by Gasteiger charge is -2.21. The molecular formula is C15H16BrN3. The van der Waals surface area contributed by atoms with Gasteiger partial charge in [-0.05, 0) is 64.6 Å². The van der Waals surface area contributed by atoms with Gasteiger partial charge in [0.1, 0.15) is 5.82 Å². The Labute approximate surface area is 121 Å². The van der Waals surface area contributed by atoms with Crippen LogP contribution in [0.3, 0.4) is 0 Å². The maximum Gasteiger partial charge on any atom is 0.130 e. The summed E-state index contributed by atoms with van der Waals surface area (Å²) in [6.07, 6.45) is 2.91. The Hall–Kier alpha value is -1.39. The van der Waals surface area contributed by atoms with Crippen LogP contribution in [-0.2, 0) is 13.0 Å². The molecule has 3 nitrogen and oxygen atoms in total. The number of hydrogen-bond acceptors (Lipinski definition) is 3. The minimum Gasteiger partial charge on any atom is -0.340 e. The number of pyridine rings is 1. The van der Waals surface area contributed by atoms with Crippen LogP contribution in [0.1, 0.15) is 16.7 Å². The molecule has 1 aliphatic rings. The molecule has 0 unspecified atom stereocenters. The van der Waals surface area contributed by atoms with Gasteiger partial charge in [0, 0.05) is 22.9 Å². The van der Waals surface area contributed by atoms with E-state index >= 15 is 0 Å². The van der Waals surface area contributed by atoms with Crippen molar-refractivity contribution in [3.63, 3.8) is 0 Å². The molecule has 98 valence electrons. The summed E-state index contributed by atoms with van der Waals surface area (Å²) >= 11 is 3.48. The molecule has 0 spiro atoms. The number of fused-ring (bicyclic) bond motifs is 1. The molecule has 2 aromatic rings. The molecule has 0 saturated carbocycles. The van der Waals surface area contributed by atoms with Gasteiger partial charge in [0.15, 0.2) is 0 Å². The van der Waals surface area contributed by atoms with Crippen molar-refractivity contribution in [1.82, 2.24) is 10.3 Å². The summed E-state index contributed by atoms with van der Waals surface area (Å²) in [5.74, 6) is 0.896. The van der Waals surface area contributed by atoms with Crippen LogP contribution in [0.15, 0.2) is 34.9 Å². The first-order chi connectivity index (χ1) is 9.24. The van der Waals surface area contributed by atoms with Gasteiger partial charge in [0.25, 0.3) is 0 Å². The van der Waals surface area contributed by atoms with Crippen molar-refractivity contribution >= 4 is 27.4 Å². The van der Waals surface area contributed by atoms with E-state index in [4.69, 9.17) is 0 Å². The first-order valence-corrected chi connectivity index (χ1v) is 7.24. The fourth-order valence-corrected chi connectivity index (χ4v) is 2.61. The number of aromatic nitrogens is 1. The largest absolute Gasteiger partial charge is 0.340 e. The Morgan fingerprint density at radius 1 is 1.37 bits per heavy atom. The average Bonchev–Trinajstić information content (AvgIpc) is 2.43. The van der Waals surface area contributed by atoms with Crippen LogP contribution in [-0.4, -0.2) is 11.5 Å². The highest BCUT2D eigenvalue weighted by molar-refractivity contribution is 9.10. The summed E-state index contributed by atoms with van der Waals surface area (Å²) in [6, 6.07) is 8.47. The second-order valence-electron chi connectivity index (χ2n) is 4.81. The third kappa shape index (κ3) is 2.65. The van der Waals surface area contributed by atoms with Gasteiger partial charge in [0.2, 0.25) is 0 Å². The van der Waals surface area contributed by atoms with E-state index in [1.165, 1.54) is 22.4 Å². The molecule has 0 bridgehead atoms. The Morgan fingerprint density at radius 2 is 2.26 bits per heavy atom. The van der Waals surface area contributed by atoms with E-state index in [0.29, 0.717) is 0 Å². The van der Waals surface area contributed by atoms with Gasteiger partial charge < -0.3 is 10.6 Å². The third-order valence-electron chi connectivity index (χ3n) is 3.45. The van der Waals surface area contributed by atoms with Gasteiger partial charge in [0.05, 0.1) is 0 Å². The zero-order valence-electron chi connectivity index (χ0n) is 10.8. The molecule has 0 fully saturated rings. The molecular weight excluding hydrogens is 302 g/mol. The van der Waals surface area contributed by atoms with E-state index in [0.717, 1.165) is 29.8 Å². The van der Waals surface area contributed by atoms with Gasteiger partial charge in [-0.3, -0.25) is 0 Å². The van der Waals surface area contributed by atoms with Crippen molar-refractivity contribution in [2.75, 3.05) is 11.9 Å². The second kappa shape index (κ2) is 5.31. The van der Waals surface area contributed by atoms with Crippen LogP contribution in [0.25, 0.3) is 0 Å². The number of aryl methyl sites for hydroxylation is 1. The van der Waals surface area contributed by atoms with E-state index in [9.17, 15) is 0 Å². The van der Waals surface area contributed by atoms with Crippen molar-refractivity contribution in [1.29, 1.82) is 0 Å². The summed E-state index contributed by atoms with van der Waals surface area (Å²) in [4.78, 5) is 4.41. The van der Waals surface area contributed by atoms with Crippen LogP contribution in [0.4, 0.5) is 11.5 Å². The molecule has 0 aliphatic carbocycles. The van der Waals surface area contributed by atoms with Crippen LogP contribution in [0, 0.1) is 6.92 Å². The summed E-state index contributed by atoms with van der Waals surface area (Å²) in [7, 11) is 0. The Balaban J connectivity index is 1.92. The Kier molecular flexibility index (Phi) is 3.53. The molecule has 4 heteroatoms. The molecule has 0 saturated heterocycles. The van der Waals surface area contributed by atoms with Gasteiger partial charge >= 0.3 is 0 Å². The standard InChI is InChI=1S/C15H16BrN3/c1-10-7-15(18-9-13(10)16)19-14-4-2-3-11-8-17-6-5-12(11)14/h2-4,7,9,17H,5-6,8H2,1H3,(H,18,19). The first kappa shape index (κ1) is 12.6. The van der Waals surface area contributed by atoms with E-state index in [-0.39, 0.29) is 0 Å². The Morgan fingerprint density at radius 3 is 3.11 bits per heavy atom. The number of hydrogen-bond donors (Lipinski definition) is 2. The maximum absolute atomic E-state index is 4.41. The lowest BCUT2D eigenvalue weighted by molar-refractivity contribution is 0.645. The lowest BCUT2D eigenvalue weighted by atomic mass is 9.99. The van der Waals surface area contributed by atoms with E-state index in [1.807, 2.05) is 6.20 Å². The quantitative estimate of drug-likeness (QED) is 0.889. The zero-order chi connectivity index (χ0) is 13.2. The van der Waals surface area contributed by atoms with Crippen LogP contribution in [0.2, 0.25) is 0 Å². The van der Waals surface area contributed by atoms with Gasteiger partial charge in [-0.1, -0.05) is 12.1 Å². The molecule has 2 heterocycles. The number of halogens is 1. The second-order valence-corrected chi connectivity index (χ2v) is 5.67. The SMILES string of the molecule is Cc1cc(Nc2cccc3c2CCNC3)ncc1Br. The van der Waals surface area contributed by atoms with E-state index < -0.39 is 0 Å². The monoisotopic (exact) mass is 317 g/mol. The van der Waals surface area contributed by atoms with Crippen LogP contribution in [0.5, 0.6) is 0 Å². The summed E-state index contributed by atoms with van der Waals surface area (Å²) in [6.45, 7) is 4.07. The third-order valence-corrected chi connectivity index (χ3v) is 4.28. The highest BCUT2D eigenvalue weighted by Crippen LogP contribution is 2.26. The van der Waals surface area contributed by atoms with E-state index in [2.05, 4.69) is 62.7 Å². The number of benzene rings is 1. The van der Waals surface area contributed by atoms with E-state index in [1.54, 1.807) is 0 Å². The number of rotatable bonds is 2. The predicted molar refractivity (Wildman–Crippen MR) is 81.8 cm³/mol. The molecule has 1 aliphatic heterocycles. The number of nitrogens with one attached hydrogen (secondary N) is 2. The predicted octanol–water partition coefficient (Wildman–Crippen LogP) is 3.54. The average molecular weight is 318 g/mol. The van der Waals surface area contributed by atoms with Crippen molar-refractivity contribution < 1.29 is 0 Å². The Bertz CT molecular complexity index is 610. The molecule has 3 rings (SSSR count). The lowest BCUT2D eigenvalue weighted by Crippen LogP contribution is -2.24. The van der Waals surface area contributed by atoms with Crippen molar-refractivity contribution in [3.8, 4) is 0 Å². The topological polar surface area (TPSA) is 37.0 Å². The minimum atomic E-state index is 0.896. The van der Waals surface area contributed by atoms with Crippen molar-refractivity contribution in [2.45, 2.75) is 19.9 Å². The summed E-state index contributed by atoms with van der Waals surface area (Å²) in [5, 5.41) is 6.84. The molecule has 0 amide bonds. The molecule has 1 aromatic carbocycles. The van der Waals surface area contributed by atoms with Gasteiger partial charge in [-0.2, -0.15) is 0 Å². The molecule has 0 radical (unpaired) electrons. The first-order valence-electron chi connectivity index (χ1n) is 6.45. The van der Waals surface area contributed by atoms with Gasteiger partial charge in [-0.25, -0.2) is 4.98 Å². The maximum atomic E-state index is 4.41. The minimum absolute atomic E-state index is 0.896. The fourth-order valence-electron chi connectivity index (χ4n) is 2.39. The zero-order valence-corrected chi connectivity index (χ0v) is 12.4. The molecule has 2 N–H and O–H groups in total. The normalized spacial score (nSPS) is 14.0. The highest BCUT2D eigenvalue weighted by Gasteiger charge is 2.12. The summed E-state index contributed by atoms with van der Waals surface area (Å²) in [5.41, 5.74) is 5.14. The molecule has 0 atom stereocenters.